The maximum Gasteiger partial charge on any atom is 0.262 e. The largest absolute Gasteiger partial charge is 0.497 e. The standard InChI is InChI=1S/C17H20N2O4/c1-21-14-6-5-12(16(9-14)22-2)8-13(10-18)17(20)19-11-15-4-3-7-23-15/h5-6,8-9,15H,3-4,7,11H2,1-2H3,(H,19,20)/b13-8+/t15-/m1/s1. The van der Waals surface area contributed by atoms with E-state index in [1.54, 1.807) is 25.3 Å². The predicted octanol–water partition coefficient (Wildman–Crippen LogP) is 1.91. The number of carbonyl (C=O) groups is 1. The molecule has 0 aromatic heterocycles. The van der Waals surface area contributed by atoms with E-state index in [1.165, 1.54) is 13.2 Å². The number of nitriles is 1. The fraction of sp³-hybridized carbons (Fsp3) is 0.412. The van der Waals surface area contributed by atoms with Crippen LogP contribution in [0.5, 0.6) is 11.5 Å². The molecule has 1 saturated heterocycles. The van der Waals surface area contributed by atoms with Crippen molar-refractivity contribution in [3.05, 3.63) is 29.3 Å². The van der Waals surface area contributed by atoms with Crippen LogP contribution >= 0.6 is 0 Å². The average molecular weight is 316 g/mol. The Balaban J connectivity index is 2.11. The molecule has 0 unspecified atom stereocenters. The Morgan fingerprint density at radius 3 is 2.91 bits per heavy atom. The normalized spacial score (nSPS) is 17.4. The molecule has 0 radical (unpaired) electrons. The Hall–Kier alpha value is -2.52. The molecule has 1 aromatic rings. The Labute approximate surface area is 135 Å². The van der Waals surface area contributed by atoms with Gasteiger partial charge in [0.15, 0.2) is 0 Å². The summed E-state index contributed by atoms with van der Waals surface area (Å²) in [5.74, 6) is 0.755. The minimum Gasteiger partial charge on any atom is -0.497 e. The van der Waals surface area contributed by atoms with Gasteiger partial charge in [0.1, 0.15) is 23.1 Å². The molecule has 1 heterocycles. The zero-order valence-electron chi connectivity index (χ0n) is 13.3. The zero-order valence-corrected chi connectivity index (χ0v) is 13.3. The van der Waals surface area contributed by atoms with Gasteiger partial charge in [0.25, 0.3) is 5.91 Å². The van der Waals surface area contributed by atoms with Crippen LogP contribution in [-0.4, -0.2) is 39.4 Å². The van der Waals surface area contributed by atoms with Gasteiger partial charge >= 0.3 is 0 Å². The molecule has 0 bridgehead atoms. The van der Waals surface area contributed by atoms with E-state index in [1.807, 2.05) is 6.07 Å². The first-order chi connectivity index (χ1) is 11.2. The van der Waals surface area contributed by atoms with Crippen LogP contribution in [0, 0.1) is 11.3 Å². The van der Waals surface area contributed by atoms with Gasteiger partial charge in [0, 0.05) is 24.8 Å². The molecule has 23 heavy (non-hydrogen) atoms. The lowest BCUT2D eigenvalue weighted by atomic mass is 10.1. The van der Waals surface area contributed by atoms with E-state index in [4.69, 9.17) is 14.2 Å². The van der Waals surface area contributed by atoms with Crippen molar-refractivity contribution in [1.82, 2.24) is 5.32 Å². The zero-order chi connectivity index (χ0) is 16.7. The summed E-state index contributed by atoms with van der Waals surface area (Å²) in [6.45, 7) is 1.14. The number of amides is 1. The van der Waals surface area contributed by atoms with E-state index in [0.717, 1.165) is 19.4 Å². The summed E-state index contributed by atoms with van der Waals surface area (Å²) < 4.78 is 15.8. The monoisotopic (exact) mass is 316 g/mol. The molecule has 1 aromatic carbocycles. The summed E-state index contributed by atoms with van der Waals surface area (Å²) in [6, 6.07) is 7.11. The average Bonchev–Trinajstić information content (AvgIpc) is 3.11. The fourth-order valence-corrected chi connectivity index (χ4v) is 2.35. The number of rotatable bonds is 6. The molecule has 1 aliphatic rings. The highest BCUT2D eigenvalue weighted by molar-refractivity contribution is 6.02. The summed E-state index contributed by atoms with van der Waals surface area (Å²) in [7, 11) is 3.08. The van der Waals surface area contributed by atoms with Gasteiger partial charge in [0.2, 0.25) is 0 Å². The van der Waals surface area contributed by atoms with Crippen molar-refractivity contribution in [1.29, 1.82) is 5.26 Å². The quantitative estimate of drug-likeness (QED) is 0.640. The summed E-state index contributed by atoms with van der Waals surface area (Å²) >= 11 is 0. The Morgan fingerprint density at radius 1 is 1.48 bits per heavy atom. The number of hydrogen-bond donors (Lipinski definition) is 1. The molecule has 1 fully saturated rings. The van der Waals surface area contributed by atoms with Crippen LogP contribution in [0.3, 0.4) is 0 Å². The van der Waals surface area contributed by atoms with E-state index < -0.39 is 5.91 Å². The number of nitrogens with one attached hydrogen (secondary N) is 1. The molecule has 6 nitrogen and oxygen atoms in total. The molecule has 0 saturated carbocycles. The van der Waals surface area contributed by atoms with Crippen LogP contribution in [0.25, 0.3) is 6.08 Å². The Bertz CT molecular complexity index is 628. The van der Waals surface area contributed by atoms with Gasteiger partial charge in [0.05, 0.1) is 20.3 Å². The highest BCUT2D eigenvalue weighted by Crippen LogP contribution is 2.26. The van der Waals surface area contributed by atoms with E-state index in [2.05, 4.69) is 5.32 Å². The molecule has 0 aliphatic carbocycles. The van der Waals surface area contributed by atoms with Crippen molar-refractivity contribution in [3.63, 3.8) is 0 Å². The van der Waals surface area contributed by atoms with Crippen LogP contribution in [0.15, 0.2) is 23.8 Å². The van der Waals surface area contributed by atoms with Gasteiger partial charge in [-0.2, -0.15) is 5.26 Å². The van der Waals surface area contributed by atoms with E-state index in [0.29, 0.717) is 23.6 Å². The van der Waals surface area contributed by atoms with Gasteiger partial charge < -0.3 is 19.5 Å². The van der Waals surface area contributed by atoms with Crippen molar-refractivity contribution in [2.45, 2.75) is 18.9 Å². The lowest BCUT2D eigenvalue weighted by Gasteiger charge is -2.11. The van der Waals surface area contributed by atoms with Crippen molar-refractivity contribution >= 4 is 12.0 Å². The van der Waals surface area contributed by atoms with Crippen LogP contribution in [-0.2, 0) is 9.53 Å². The van der Waals surface area contributed by atoms with E-state index >= 15 is 0 Å². The molecule has 6 heteroatoms. The summed E-state index contributed by atoms with van der Waals surface area (Å²) in [6.07, 6.45) is 3.47. The second-order valence-electron chi connectivity index (χ2n) is 5.12. The molecule has 2 rings (SSSR count). The third-order valence-corrected chi connectivity index (χ3v) is 3.62. The molecular formula is C17H20N2O4. The van der Waals surface area contributed by atoms with Gasteiger partial charge in [-0.3, -0.25) is 4.79 Å². The molecule has 122 valence electrons. The van der Waals surface area contributed by atoms with Gasteiger partial charge in [-0.1, -0.05) is 0 Å². The summed E-state index contributed by atoms with van der Waals surface area (Å²) in [5, 5.41) is 12.0. The third-order valence-electron chi connectivity index (χ3n) is 3.62. The maximum atomic E-state index is 12.1. The van der Waals surface area contributed by atoms with E-state index in [9.17, 15) is 10.1 Å². The van der Waals surface area contributed by atoms with Gasteiger partial charge in [-0.05, 0) is 31.1 Å². The topological polar surface area (TPSA) is 80.6 Å². The lowest BCUT2D eigenvalue weighted by molar-refractivity contribution is -0.117. The molecule has 1 amide bonds. The first-order valence-corrected chi connectivity index (χ1v) is 7.41. The minimum atomic E-state index is -0.416. The van der Waals surface area contributed by atoms with Crippen LogP contribution in [0.1, 0.15) is 18.4 Å². The van der Waals surface area contributed by atoms with Gasteiger partial charge in [-0.25, -0.2) is 0 Å². The molecule has 1 atom stereocenters. The number of carbonyl (C=O) groups excluding carboxylic acids is 1. The number of methoxy groups -OCH3 is 2. The Kier molecular flexibility index (Phi) is 6.01. The lowest BCUT2D eigenvalue weighted by Crippen LogP contribution is -2.32. The second kappa shape index (κ2) is 8.20. The smallest absolute Gasteiger partial charge is 0.262 e. The first kappa shape index (κ1) is 16.8. The summed E-state index contributed by atoms with van der Waals surface area (Å²) in [4.78, 5) is 12.1. The van der Waals surface area contributed by atoms with Crippen molar-refractivity contribution in [3.8, 4) is 17.6 Å². The minimum absolute atomic E-state index is 0.0199. The number of hydrogen-bond acceptors (Lipinski definition) is 5. The third kappa shape index (κ3) is 4.47. The van der Waals surface area contributed by atoms with Crippen LogP contribution in [0.2, 0.25) is 0 Å². The first-order valence-electron chi connectivity index (χ1n) is 7.41. The van der Waals surface area contributed by atoms with E-state index in [-0.39, 0.29) is 11.7 Å². The summed E-state index contributed by atoms with van der Waals surface area (Å²) in [5.41, 5.74) is 0.656. The van der Waals surface area contributed by atoms with Gasteiger partial charge in [-0.15, -0.1) is 0 Å². The maximum absolute atomic E-state index is 12.1. The molecular weight excluding hydrogens is 296 g/mol. The number of benzene rings is 1. The fourth-order valence-electron chi connectivity index (χ4n) is 2.35. The Morgan fingerprint density at radius 2 is 2.30 bits per heavy atom. The van der Waals surface area contributed by atoms with Crippen molar-refractivity contribution < 1.29 is 19.0 Å². The van der Waals surface area contributed by atoms with Crippen molar-refractivity contribution in [2.75, 3.05) is 27.4 Å². The number of ether oxygens (including phenoxy) is 3. The SMILES string of the molecule is COc1ccc(/C=C(\C#N)C(=O)NC[C@H]2CCCO2)c(OC)c1. The molecule has 1 N–H and O–H groups in total. The number of nitrogens with zero attached hydrogens (tertiary/aromatic N) is 1. The van der Waals surface area contributed by atoms with Crippen LogP contribution < -0.4 is 14.8 Å². The molecule has 0 spiro atoms. The highest BCUT2D eigenvalue weighted by atomic mass is 16.5. The highest BCUT2D eigenvalue weighted by Gasteiger charge is 2.18. The van der Waals surface area contributed by atoms with Crippen LogP contribution in [0.4, 0.5) is 0 Å². The molecule has 1 aliphatic heterocycles. The van der Waals surface area contributed by atoms with Crippen molar-refractivity contribution in [2.24, 2.45) is 0 Å². The predicted molar refractivity (Wildman–Crippen MR) is 85.1 cm³/mol. The second-order valence-corrected chi connectivity index (χ2v) is 5.12.